The van der Waals surface area contributed by atoms with Gasteiger partial charge >= 0.3 is 0 Å². The number of carbonyl (C=O) groups excluding carboxylic acids is 1. The topological polar surface area (TPSA) is 45.2 Å². The van der Waals surface area contributed by atoms with Crippen LogP contribution >= 0.6 is 23.7 Å². The zero-order chi connectivity index (χ0) is 16.0. The molecule has 128 valence electrons. The molecule has 2 aromatic rings. The second kappa shape index (κ2) is 6.82. The number of amides is 1. The minimum atomic E-state index is 0. The standard InChI is InChI=1S/C18H21N3OS.ClH/c1-11-5-3-4-6-14(11)17-15-8-19-7-13(15)9-21(17)18(22)16-10-23-12(2)20-16;/h3-6,10,13,15,17,19H,7-9H2,1-2H3;1H/t13-,15-,17+;/m0./s1. The number of thiazole rings is 1. The van der Waals surface area contributed by atoms with Crippen LogP contribution in [0.5, 0.6) is 0 Å². The first-order valence-corrected chi connectivity index (χ1v) is 9.02. The van der Waals surface area contributed by atoms with Crippen molar-refractivity contribution >= 4 is 29.7 Å². The van der Waals surface area contributed by atoms with E-state index < -0.39 is 0 Å². The quantitative estimate of drug-likeness (QED) is 0.891. The van der Waals surface area contributed by atoms with Crippen LogP contribution in [0.3, 0.4) is 0 Å². The Morgan fingerprint density at radius 3 is 2.79 bits per heavy atom. The number of rotatable bonds is 2. The highest BCUT2D eigenvalue weighted by molar-refractivity contribution is 7.09. The molecule has 0 radical (unpaired) electrons. The van der Waals surface area contributed by atoms with Gasteiger partial charge in [-0.25, -0.2) is 4.98 Å². The fourth-order valence-electron chi connectivity index (χ4n) is 4.06. The fraction of sp³-hybridized carbons (Fsp3) is 0.444. The molecule has 4 nitrogen and oxygen atoms in total. The van der Waals surface area contributed by atoms with E-state index in [1.54, 1.807) is 11.3 Å². The van der Waals surface area contributed by atoms with Crippen LogP contribution in [0.1, 0.15) is 32.7 Å². The van der Waals surface area contributed by atoms with Crippen molar-refractivity contribution in [2.45, 2.75) is 19.9 Å². The number of fused-ring (bicyclic) bond motifs is 1. The average molecular weight is 364 g/mol. The maximum absolute atomic E-state index is 13.0. The van der Waals surface area contributed by atoms with Crippen LogP contribution in [0, 0.1) is 25.7 Å². The lowest BCUT2D eigenvalue weighted by atomic mass is 9.87. The van der Waals surface area contributed by atoms with Gasteiger partial charge in [0.1, 0.15) is 5.69 Å². The molecule has 2 fully saturated rings. The van der Waals surface area contributed by atoms with E-state index in [4.69, 9.17) is 0 Å². The van der Waals surface area contributed by atoms with Gasteiger partial charge in [-0.1, -0.05) is 24.3 Å². The molecule has 2 aliphatic heterocycles. The number of carbonyl (C=O) groups is 1. The van der Waals surface area contributed by atoms with Gasteiger partial charge in [-0.3, -0.25) is 4.79 Å². The molecule has 24 heavy (non-hydrogen) atoms. The normalized spacial score (nSPS) is 25.4. The third kappa shape index (κ3) is 2.85. The summed E-state index contributed by atoms with van der Waals surface area (Å²) in [7, 11) is 0. The Bertz CT molecular complexity index is 747. The van der Waals surface area contributed by atoms with Crippen molar-refractivity contribution in [3.63, 3.8) is 0 Å². The molecule has 6 heteroatoms. The molecule has 0 saturated carbocycles. The monoisotopic (exact) mass is 363 g/mol. The van der Waals surface area contributed by atoms with Crippen molar-refractivity contribution in [1.29, 1.82) is 0 Å². The summed E-state index contributed by atoms with van der Waals surface area (Å²) in [5.74, 6) is 1.13. The number of nitrogens with zero attached hydrogens (tertiary/aromatic N) is 2. The largest absolute Gasteiger partial charge is 0.330 e. The van der Waals surface area contributed by atoms with Crippen molar-refractivity contribution in [1.82, 2.24) is 15.2 Å². The van der Waals surface area contributed by atoms with Gasteiger partial charge in [0.25, 0.3) is 5.91 Å². The summed E-state index contributed by atoms with van der Waals surface area (Å²) < 4.78 is 0. The molecule has 0 bridgehead atoms. The summed E-state index contributed by atoms with van der Waals surface area (Å²) >= 11 is 1.54. The number of hydrogen-bond acceptors (Lipinski definition) is 4. The van der Waals surface area contributed by atoms with Crippen molar-refractivity contribution in [3.05, 3.63) is 51.5 Å². The minimum absolute atomic E-state index is 0. The van der Waals surface area contributed by atoms with Gasteiger partial charge in [0.2, 0.25) is 0 Å². The first kappa shape index (κ1) is 17.4. The van der Waals surface area contributed by atoms with Crippen molar-refractivity contribution in [3.8, 4) is 0 Å². The molecule has 1 aromatic carbocycles. The number of hydrogen-bond donors (Lipinski definition) is 1. The van der Waals surface area contributed by atoms with Crippen molar-refractivity contribution in [2.24, 2.45) is 11.8 Å². The number of aromatic nitrogens is 1. The molecular weight excluding hydrogens is 342 g/mol. The van der Waals surface area contributed by atoms with Crippen LogP contribution in [0.15, 0.2) is 29.6 Å². The van der Waals surface area contributed by atoms with Gasteiger partial charge in [-0.05, 0) is 30.9 Å². The molecule has 1 amide bonds. The predicted molar refractivity (Wildman–Crippen MR) is 98.9 cm³/mol. The highest BCUT2D eigenvalue weighted by Crippen LogP contribution is 2.44. The van der Waals surface area contributed by atoms with E-state index in [1.165, 1.54) is 11.1 Å². The first-order valence-electron chi connectivity index (χ1n) is 8.14. The summed E-state index contributed by atoms with van der Waals surface area (Å²) in [5.41, 5.74) is 3.14. The lowest BCUT2D eigenvalue weighted by Gasteiger charge is -2.29. The zero-order valence-electron chi connectivity index (χ0n) is 13.9. The third-order valence-electron chi connectivity index (χ3n) is 5.17. The molecule has 0 spiro atoms. The number of aryl methyl sites for hydroxylation is 2. The van der Waals surface area contributed by atoms with Gasteiger partial charge in [0.05, 0.1) is 11.0 Å². The summed E-state index contributed by atoms with van der Waals surface area (Å²) in [6, 6.07) is 8.61. The molecule has 0 aliphatic carbocycles. The summed E-state index contributed by atoms with van der Waals surface area (Å²) in [6.07, 6.45) is 0. The Morgan fingerprint density at radius 2 is 2.08 bits per heavy atom. The zero-order valence-corrected chi connectivity index (χ0v) is 15.5. The minimum Gasteiger partial charge on any atom is -0.330 e. The van der Waals surface area contributed by atoms with Crippen LogP contribution in [0.25, 0.3) is 0 Å². The molecule has 3 atom stereocenters. The Balaban J connectivity index is 0.00000169. The molecule has 4 rings (SSSR count). The van der Waals surface area contributed by atoms with E-state index >= 15 is 0 Å². The smallest absolute Gasteiger partial charge is 0.273 e. The van der Waals surface area contributed by atoms with Crippen LogP contribution in [-0.4, -0.2) is 35.4 Å². The Labute approximate surface area is 152 Å². The van der Waals surface area contributed by atoms with Gasteiger partial charge < -0.3 is 10.2 Å². The molecule has 3 heterocycles. The molecule has 2 aliphatic rings. The van der Waals surface area contributed by atoms with E-state index in [1.807, 2.05) is 12.3 Å². The van der Waals surface area contributed by atoms with E-state index in [-0.39, 0.29) is 24.4 Å². The lowest BCUT2D eigenvalue weighted by molar-refractivity contribution is 0.0708. The van der Waals surface area contributed by atoms with Gasteiger partial charge in [-0.2, -0.15) is 0 Å². The third-order valence-corrected chi connectivity index (χ3v) is 5.94. The second-order valence-corrected chi connectivity index (χ2v) is 7.66. The summed E-state index contributed by atoms with van der Waals surface area (Å²) in [5, 5.41) is 6.33. The lowest BCUT2D eigenvalue weighted by Crippen LogP contribution is -2.35. The highest BCUT2D eigenvalue weighted by Gasteiger charge is 2.47. The number of likely N-dealkylation sites (tertiary alicyclic amines) is 1. The average Bonchev–Trinajstić information content (AvgIpc) is 3.22. The van der Waals surface area contributed by atoms with Gasteiger partial charge in [0.15, 0.2) is 0 Å². The van der Waals surface area contributed by atoms with Crippen molar-refractivity contribution in [2.75, 3.05) is 19.6 Å². The predicted octanol–water partition coefficient (Wildman–Crippen LogP) is 3.21. The molecular formula is C18H22ClN3OS. The van der Waals surface area contributed by atoms with Crippen LogP contribution in [0.2, 0.25) is 0 Å². The van der Waals surface area contributed by atoms with Crippen molar-refractivity contribution < 1.29 is 4.79 Å². The maximum atomic E-state index is 13.0. The SMILES string of the molecule is Cc1nc(C(=O)N2C[C@@H]3CNC[C@@H]3[C@H]2c2ccccc2C)cs1.Cl. The Kier molecular flexibility index (Phi) is 4.95. The maximum Gasteiger partial charge on any atom is 0.273 e. The number of benzene rings is 1. The highest BCUT2D eigenvalue weighted by atomic mass is 35.5. The first-order chi connectivity index (χ1) is 11.1. The number of halogens is 1. The number of nitrogens with one attached hydrogen (secondary N) is 1. The van der Waals surface area contributed by atoms with Crippen LogP contribution in [0.4, 0.5) is 0 Å². The van der Waals surface area contributed by atoms with E-state index in [0.29, 0.717) is 17.5 Å². The van der Waals surface area contributed by atoms with Gasteiger partial charge in [-0.15, -0.1) is 23.7 Å². The Hall–Kier alpha value is -1.43. The molecule has 1 N–H and O–H groups in total. The summed E-state index contributed by atoms with van der Waals surface area (Å²) in [4.78, 5) is 19.5. The fourth-order valence-corrected chi connectivity index (χ4v) is 4.64. The Morgan fingerprint density at radius 1 is 1.29 bits per heavy atom. The van der Waals surface area contributed by atoms with E-state index in [9.17, 15) is 4.79 Å². The van der Waals surface area contributed by atoms with E-state index in [0.717, 1.165) is 24.6 Å². The van der Waals surface area contributed by atoms with E-state index in [2.05, 4.69) is 46.4 Å². The summed E-state index contributed by atoms with van der Waals surface area (Å²) in [6.45, 7) is 6.91. The second-order valence-electron chi connectivity index (χ2n) is 6.59. The van der Waals surface area contributed by atoms with Crippen LogP contribution < -0.4 is 5.32 Å². The molecule has 0 unspecified atom stereocenters. The van der Waals surface area contributed by atoms with Crippen LogP contribution in [-0.2, 0) is 0 Å². The van der Waals surface area contributed by atoms with Gasteiger partial charge in [0, 0.05) is 30.9 Å². The molecule has 2 saturated heterocycles. The molecule has 1 aromatic heterocycles.